The van der Waals surface area contributed by atoms with Crippen molar-refractivity contribution in [1.29, 1.82) is 0 Å². The average molecular weight is 367 g/mol. The van der Waals surface area contributed by atoms with Gasteiger partial charge in [0.25, 0.3) is 0 Å². The van der Waals surface area contributed by atoms with E-state index in [4.69, 9.17) is 4.74 Å². The van der Waals surface area contributed by atoms with Crippen LogP contribution in [0.4, 0.5) is 0 Å². The number of ether oxygens (including phenoxy) is 1. The molecule has 144 valence electrons. The van der Waals surface area contributed by atoms with Crippen molar-refractivity contribution in [3.05, 3.63) is 71.3 Å². The summed E-state index contributed by atoms with van der Waals surface area (Å²) in [7, 11) is 1.82. The highest BCUT2D eigenvalue weighted by Crippen LogP contribution is 2.21. The zero-order chi connectivity index (χ0) is 18.9. The van der Waals surface area contributed by atoms with Crippen LogP contribution in [-0.2, 0) is 11.3 Å². The Kier molecular flexibility index (Phi) is 7.25. The van der Waals surface area contributed by atoms with Crippen molar-refractivity contribution < 1.29 is 4.74 Å². The van der Waals surface area contributed by atoms with Gasteiger partial charge in [0.2, 0.25) is 0 Å². The smallest absolute Gasteiger partial charge is 0.191 e. The maximum absolute atomic E-state index is 5.53. The van der Waals surface area contributed by atoms with Crippen molar-refractivity contribution in [2.75, 3.05) is 39.9 Å². The van der Waals surface area contributed by atoms with Gasteiger partial charge in [-0.15, -0.1) is 0 Å². The summed E-state index contributed by atoms with van der Waals surface area (Å²) in [5, 5.41) is 6.94. The molecule has 1 aliphatic heterocycles. The van der Waals surface area contributed by atoms with E-state index < -0.39 is 0 Å². The van der Waals surface area contributed by atoms with Crippen molar-refractivity contribution in [3.63, 3.8) is 0 Å². The number of hydrogen-bond donors (Lipinski definition) is 2. The molecule has 0 bridgehead atoms. The van der Waals surface area contributed by atoms with Crippen LogP contribution in [0.15, 0.2) is 59.6 Å². The van der Waals surface area contributed by atoms with Gasteiger partial charge in [-0.1, -0.05) is 54.6 Å². The molecule has 27 heavy (non-hydrogen) atoms. The number of rotatable bonds is 6. The molecule has 2 N–H and O–H groups in total. The standard InChI is InChI=1S/C22H30N4O/c1-18-8-6-7-11-20(18)16-24-22(23-2)25-17-21(19-9-4-3-5-10-19)26-12-14-27-15-13-26/h3-11,21H,12-17H2,1-2H3,(H2,23,24,25). The number of guanidine groups is 1. The fraction of sp³-hybridized carbons (Fsp3) is 0.409. The van der Waals surface area contributed by atoms with Crippen LogP contribution in [0.2, 0.25) is 0 Å². The molecule has 1 fully saturated rings. The van der Waals surface area contributed by atoms with Gasteiger partial charge in [0.1, 0.15) is 0 Å². The molecule has 3 rings (SSSR count). The van der Waals surface area contributed by atoms with Crippen LogP contribution in [0, 0.1) is 6.92 Å². The van der Waals surface area contributed by atoms with Crippen LogP contribution in [0.25, 0.3) is 0 Å². The van der Waals surface area contributed by atoms with E-state index in [9.17, 15) is 0 Å². The van der Waals surface area contributed by atoms with Crippen LogP contribution in [0.5, 0.6) is 0 Å². The van der Waals surface area contributed by atoms with Gasteiger partial charge in [-0.2, -0.15) is 0 Å². The molecule has 5 nitrogen and oxygen atoms in total. The number of morpholine rings is 1. The lowest BCUT2D eigenvalue weighted by atomic mass is 10.0. The van der Waals surface area contributed by atoms with Crippen LogP contribution in [0.1, 0.15) is 22.7 Å². The van der Waals surface area contributed by atoms with Gasteiger partial charge >= 0.3 is 0 Å². The summed E-state index contributed by atoms with van der Waals surface area (Å²) in [6, 6.07) is 19.4. The highest BCUT2D eigenvalue weighted by Gasteiger charge is 2.22. The minimum absolute atomic E-state index is 0.298. The minimum atomic E-state index is 0.298. The van der Waals surface area contributed by atoms with Crippen molar-refractivity contribution >= 4 is 5.96 Å². The molecule has 5 heteroatoms. The summed E-state index contributed by atoms with van der Waals surface area (Å²) >= 11 is 0. The first-order valence-corrected chi connectivity index (χ1v) is 9.63. The molecule has 1 saturated heterocycles. The van der Waals surface area contributed by atoms with Crippen LogP contribution >= 0.6 is 0 Å². The predicted octanol–water partition coefficient (Wildman–Crippen LogP) is 2.73. The second-order valence-corrected chi connectivity index (χ2v) is 6.81. The Morgan fingerprint density at radius 1 is 1.04 bits per heavy atom. The van der Waals surface area contributed by atoms with E-state index in [2.05, 4.69) is 82.0 Å². The summed E-state index contributed by atoms with van der Waals surface area (Å²) in [6.07, 6.45) is 0. The second-order valence-electron chi connectivity index (χ2n) is 6.81. The van der Waals surface area contributed by atoms with Gasteiger partial charge in [0.05, 0.1) is 19.3 Å². The molecule has 2 aromatic carbocycles. The molecular formula is C22H30N4O. The zero-order valence-corrected chi connectivity index (χ0v) is 16.3. The second kappa shape index (κ2) is 10.1. The van der Waals surface area contributed by atoms with E-state index in [1.807, 2.05) is 7.05 Å². The minimum Gasteiger partial charge on any atom is -0.379 e. The molecule has 1 atom stereocenters. The van der Waals surface area contributed by atoms with E-state index >= 15 is 0 Å². The molecule has 0 radical (unpaired) electrons. The Labute approximate surface area is 162 Å². The zero-order valence-electron chi connectivity index (χ0n) is 16.3. The van der Waals surface area contributed by atoms with Crippen molar-refractivity contribution in [2.45, 2.75) is 19.5 Å². The number of aliphatic imine (C=N–C) groups is 1. The highest BCUT2D eigenvalue weighted by atomic mass is 16.5. The largest absolute Gasteiger partial charge is 0.379 e. The van der Waals surface area contributed by atoms with E-state index in [1.54, 1.807) is 0 Å². The van der Waals surface area contributed by atoms with Gasteiger partial charge in [-0.3, -0.25) is 9.89 Å². The Balaban J connectivity index is 1.62. The molecule has 0 aromatic heterocycles. The Hall–Kier alpha value is -2.37. The Morgan fingerprint density at radius 3 is 2.44 bits per heavy atom. The first-order chi connectivity index (χ1) is 13.3. The molecule has 1 aliphatic rings. The summed E-state index contributed by atoms with van der Waals surface area (Å²) in [4.78, 5) is 6.88. The summed E-state index contributed by atoms with van der Waals surface area (Å²) in [5.74, 6) is 0.826. The normalized spacial score (nSPS) is 16.7. The van der Waals surface area contributed by atoms with Crippen LogP contribution in [-0.4, -0.2) is 50.8 Å². The number of benzene rings is 2. The summed E-state index contributed by atoms with van der Waals surface area (Å²) in [6.45, 7) is 7.20. The quantitative estimate of drug-likeness (QED) is 0.610. The monoisotopic (exact) mass is 366 g/mol. The number of aryl methyl sites for hydroxylation is 1. The fourth-order valence-corrected chi connectivity index (χ4v) is 3.42. The van der Waals surface area contributed by atoms with Crippen molar-refractivity contribution in [3.8, 4) is 0 Å². The number of hydrogen-bond acceptors (Lipinski definition) is 3. The first kappa shape index (κ1) is 19.4. The first-order valence-electron chi connectivity index (χ1n) is 9.63. The van der Waals surface area contributed by atoms with Gasteiger partial charge in [-0.25, -0.2) is 0 Å². The SMILES string of the molecule is CN=C(NCc1ccccc1C)NCC(c1ccccc1)N1CCOCC1. The van der Waals surface area contributed by atoms with E-state index in [0.29, 0.717) is 6.04 Å². The van der Waals surface area contributed by atoms with E-state index in [0.717, 1.165) is 45.4 Å². The van der Waals surface area contributed by atoms with Crippen molar-refractivity contribution in [2.24, 2.45) is 4.99 Å². The molecule has 0 saturated carbocycles. The number of nitrogens with zero attached hydrogens (tertiary/aromatic N) is 2. The molecule has 0 spiro atoms. The third-order valence-electron chi connectivity index (χ3n) is 5.06. The Morgan fingerprint density at radius 2 is 1.74 bits per heavy atom. The highest BCUT2D eigenvalue weighted by molar-refractivity contribution is 5.79. The molecule has 1 heterocycles. The van der Waals surface area contributed by atoms with Gasteiger partial charge in [0.15, 0.2) is 5.96 Å². The van der Waals surface area contributed by atoms with E-state index in [-0.39, 0.29) is 0 Å². The summed E-state index contributed by atoms with van der Waals surface area (Å²) in [5.41, 5.74) is 3.89. The summed E-state index contributed by atoms with van der Waals surface area (Å²) < 4.78 is 5.53. The average Bonchev–Trinajstić information content (AvgIpc) is 2.73. The third-order valence-corrected chi connectivity index (χ3v) is 5.06. The number of nitrogens with one attached hydrogen (secondary N) is 2. The Bertz CT molecular complexity index is 726. The maximum atomic E-state index is 5.53. The van der Waals surface area contributed by atoms with Crippen LogP contribution in [0.3, 0.4) is 0 Å². The molecule has 0 aliphatic carbocycles. The molecular weight excluding hydrogens is 336 g/mol. The fourth-order valence-electron chi connectivity index (χ4n) is 3.42. The lowest BCUT2D eigenvalue weighted by molar-refractivity contribution is 0.0170. The van der Waals surface area contributed by atoms with Crippen molar-refractivity contribution in [1.82, 2.24) is 15.5 Å². The molecule has 2 aromatic rings. The lowest BCUT2D eigenvalue weighted by Crippen LogP contribution is -2.46. The predicted molar refractivity (Wildman–Crippen MR) is 111 cm³/mol. The van der Waals surface area contributed by atoms with E-state index in [1.165, 1.54) is 16.7 Å². The van der Waals surface area contributed by atoms with Gasteiger partial charge < -0.3 is 15.4 Å². The molecule has 0 amide bonds. The third kappa shape index (κ3) is 5.55. The topological polar surface area (TPSA) is 48.9 Å². The van der Waals surface area contributed by atoms with Gasteiger partial charge in [-0.05, 0) is 23.6 Å². The molecule has 1 unspecified atom stereocenters. The maximum Gasteiger partial charge on any atom is 0.191 e. The van der Waals surface area contributed by atoms with Gasteiger partial charge in [0, 0.05) is 33.2 Å². The lowest BCUT2D eigenvalue weighted by Gasteiger charge is -2.35. The van der Waals surface area contributed by atoms with Crippen LogP contribution < -0.4 is 10.6 Å².